The summed E-state index contributed by atoms with van der Waals surface area (Å²) in [6.07, 6.45) is 1.85. The van der Waals surface area contributed by atoms with Crippen molar-refractivity contribution in [3.8, 4) is 5.75 Å². The Hall–Kier alpha value is -0.550. The number of ether oxygens (including phenoxy) is 1. The normalized spacial score (nSPS) is 14.8. The van der Waals surface area contributed by atoms with E-state index >= 15 is 0 Å². The van der Waals surface area contributed by atoms with Gasteiger partial charge >= 0.3 is 0 Å². The van der Waals surface area contributed by atoms with Crippen LogP contribution >= 0.6 is 38.9 Å². The molecule has 0 bridgehead atoms. The molecule has 0 spiro atoms. The summed E-state index contributed by atoms with van der Waals surface area (Å²) in [7, 11) is 0. The molecule has 1 aromatic heterocycles. The molecule has 1 aromatic carbocycles. The fourth-order valence-corrected chi connectivity index (χ4v) is 4.53. The van der Waals surface area contributed by atoms with Crippen LogP contribution in [0.1, 0.15) is 29.0 Å². The molecule has 112 valence electrons. The maximum absolute atomic E-state index is 6.26. The van der Waals surface area contributed by atoms with Gasteiger partial charge in [-0.3, -0.25) is 0 Å². The van der Waals surface area contributed by atoms with Gasteiger partial charge in [-0.2, -0.15) is 0 Å². The van der Waals surface area contributed by atoms with E-state index in [0.717, 1.165) is 41.2 Å². The van der Waals surface area contributed by atoms with Crippen LogP contribution < -0.4 is 10.1 Å². The van der Waals surface area contributed by atoms with Gasteiger partial charge < -0.3 is 10.1 Å². The van der Waals surface area contributed by atoms with Crippen molar-refractivity contribution in [1.82, 2.24) is 5.32 Å². The molecule has 0 fully saturated rings. The minimum Gasteiger partial charge on any atom is -0.493 e. The van der Waals surface area contributed by atoms with E-state index < -0.39 is 0 Å². The maximum atomic E-state index is 6.26. The number of halogens is 2. The highest BCUT2D eigenvalue weighted by Crippen LogP contribution is 2.36. The summed E-state index contributed by atoms with van der Waals surface area (Å²) in [6.45, 7) is 3.83. The van der Waals surface area contributed by atoms with Crippen molar-refractivity contribution in [2.75, 3.05) is 13.2 Å². The zero-order valence-electron chi connectivity index (χ0n) is 11.8. The molecule has 0 aliphatic carbocycles. The van der Waals surface area contributed by atoms with Crippen molar-refractivity contribution < 1.29 is 4.74 Å². The first kappa shape index (κ1) is 15.3. The second kappa shape index (κ2) is 6.69. The monoisotopic (exact) mass is 385 g/mol. The van der Waals surface area contributed by atoms with E-state index in [2.05, 4.69) is 39.6 Å². The van der Waals surface area contributed by atoms with Gasteiger partial charge in [0.05, 0.1) is 6.61 Å². The molecule has 1 unspecified atom stereocenters. The largest absolute Gasteiger partial charge is 0.493 e. The second-order valence-corrected chi connectivity index (χ2v) is 7.43. The molecule has 1 aliphatic rings. The number of hydrogen-bond donors (Lipinski definition) is 1. The highest BCUT2D eigenvalue weighted by Gasteiger charge is 2.21. The van der Waals surface area contributed by atoms with Crippen molar-refractivity contribution in [2.24, 2.45) is 0 Å². The highest BCUT2D eigenvalue weighted by molar-refractivity contribution is 9.10. The second-order valence-electron chi connectivity index (χ2n) is 5.13. The standard InChI is InChI=1S/C16H17BrClNOS/c1-2-19-14(15-8-12(17)9-21-15)7-11-6-13(18)5-10-3-4-20-16(10)11/h5-6,8-9,14,19H,2-4,7H2,1H3. The Morgan fingerprint density at radius 2 is 2.29 bits per heavy atom. The van der Waals surface area contributed by atoms with E-state index in [9.17, 15) is 0 Å². The lowest BCUT2D eigenvalue weighted by Crippen LogP contribution is -2.22. The molecule has 0 saturated heterocycles. The average molecular weight is 387 g/mol. The van der Waals surface area contributed by atoms with Gasteiger partial charge in [0.15, 0.2) is 0 Å². The fourth-order valence-electron chi connectivity index (χ4n) is 2.75. The molecule has 21 heavy (non-hydrogen) atoms. The van der Waals surface area contributed by atoms with Gasteiger partial charge in [0.2, 0.25) is 0 Å². The summed E-state index contributed by atoms with van der Waals surface area (Å²) in [4.78, 5) is 1.33. The number of rotatable bonds is 5. The lowest BCUT2D eigenvalue weighted by molar-refractivity contribution is 0.351. The lowest BCUT2D eigenvalue weighted by Gasteiger charge is -2.18. The number of hydrogen-bond acceptors (Lipinski definition) is 3. The zero-order chi connectivity index (χ0) is 14.8. The van der Waals surface area contributed by atoms with Gasteiger partial charge in [-0.25, -0.2) is 0 Å². The third-order valence-electron chi connectivity index (χ3n) is 3.63. The maximum Gasteiger partial charge on any atom is 0.125 e. The van der Waals surface area contributed by atoms with Crippen LogP contribution in [0.4, 0.5) is 0 Å². The Kier molecular flexibility index (Phi) is 4.89. The highest BCUT2D eigenvalue weighted by atomic mass is 79.9. The molecule has 0 amide bonds. The Labute approximate surface area is 142 Å². The van der Waals surface area contributed by atoms with Crippen molar-refractivity contribution in [3.05, 3.63) is 49.1 Å². The lowest BCUT2D eigenvalue weighted by atomic mass is 10.0. The van der Waals surface area contributed by atoms with Crippen LogP contribution in [0.3, 0.4) is 0 Å². The summed E-state index contributed by atoms with van der Waals surface area (Å²) in [6, 6.07) is 6.54. The van der Waals surface area contributed by atoms with Crippen LogP contribution in [0.2, 0.25) is 5.02 Å². The minimum absolute atomic E-state index is 0.290. The molecular formula is C16H17BrClNOS. The zero-order valence-corrected chi connectivity index (χ0v) is 14.9. The first-order chi connectivity index (χ1) is 10.2. The molecule has 2 aromatic rings. The van der Waals surface area contributed by atoms with Gasteiger partial charge in [0.1, 0.15) is 5.75 Å². The molecule has 1 N–H and O–H groups in total. The molecule has 5 heteroatoms. The molecule has 3 rings (SSSR count). The van der Waals surface area contributed by atoms with Crippen molar-refractivity contribution in [3.63, 3.8) is 0 Å². The Balaban J connectivity index is 1.90. The number of benzene rings is 1. The molecule has 1 aliphatic heterocycles. The summed E-state index contributed by atoms with van der Waals surface area (Å²) in [5.41, 5.74) is 2.44. The molecule has 0 radical (unpaired) electrons. The fraction of sp³-hybridized carbons (Fsp3) is 0.375. The van der Waals surface area contributed by atoms with Crippen molar-refractivity contribution >= 4 is 38.9 Å². The summed E-state index contributed by atoms with van der Waals surface area (Å²) in [5, 5.41) is 6.49. The predicted octanol–water partition coefficient (Wildman–Crippen LogP) is 4.99. The van der Waals surface area contributed by atoms with E-state index in [1.807, 2.05) is 12.1 Å². The topological polar surface area (TPSA) is 21.3 Å². The van der Waals surface area contributed by atoms with Gasteiger partial charge in [0, 0.05) is 32.2 Å². The van der Waals surface area contributed by atoms with Gasteiger partial charge in [-0.15, -0.1) is 11.3 Å². The van der Waals surface area contributed by atoms with E-state index in [0.29, 0.717) is 0 Å². The predicted molar refractivity (Wildman–Crippen MR) is 92.8 cm³/mol. The Morgan fingerprint density at radius 3 is 3.00 bits per heavy atom. The number of likely N-dealkylation sites (N-methyl/N-ethyl adjacent to an activating group) is 1. The van der Waals surface area contributed by atoms with Gasteiger partial charge in [-0.1, -0.05) is 18.5 Å². The van der Waals surface area contributed by atoms with Crippen molar-refractivity contribution in [2.45, 2.75) is 25.8 Å². The average Bonchev–Trinajstić information content (AvgIpc) is 3.06. The quantitative estimate of drug-likeness (QED) is 0.781. The van der Waals surface area contributed by atoms with Gasteiger partial charge in [0.25, 0.3) is 0 Å². The Bertz CT molecular complexity index is 643. The molecular weight excluding hydrogens is 370 g/mol. The summed E-state index contributed by atoms with van der Waals surface area (Å²) < 4.78 is 6.95. The minimum atomic E-state index is 0.290. The van der Waals surface area contributed by atoms with Crippen LogP contribution in [-0.4, -0.2) is 13.2 Å². The van der Waals surface area contributed by atoms with Crippen LogP contribution in [-0.2, 0) is 12.8 Å². The van der Waals surface area contributed by atoms with E-state index in [-0.39, 0.29) is 6.04 Å². The summed E-state index contributed by atoms with van der Waals surface area (Å²) in [5.74, 6) is 1.04. The molecule has 1 atom stereocenters. The number of nitrogens with one attached hydrogen (secondary N) is 1. The smallest absolute Gasteiger partial charge is 0.125 e. The van der Waals surface area contributed by atoms with Crippen molar-refractivity contribution in [1.29, 1.82) is 0 Å². The van der Waals surface area contributed by atoms with E-state index in [1.54, 1.807) is 11.3 Å². The number of thiophene rings is 1. The van der Waals surface area contributed by atoms with E-state index in [1.165, 1.54) is 16.0 Å². The third kappa shape index (κ3) is 3.45. The van der Waals surface area contributed by atoms with Gasteiger partial charge in [-0.05, 0) is 58.2 Å². The van der Waals surface area contributed by atoms with Crippen LogP contribution in [0, 0.1) is 0 Å². The SMILES string of the molecule is CCNC(Cc1cc(Cl)cc2c1OCC2)c1cc(Br)cs1. The van der Waals surface area contributed by atoms with E-state index in [4.69, 9.17) is 16.3 Å². The molecule has 2 heterocycles. The molecule has 0 saturated carbocycles. The van der Waals surface area contributed by atoms with Crippen LogP contribution in [0.15, 0.2) is 28.1 Å². The van der Waals surface area contributed by atoms with Crippen LogP contribution in [0.5, 0.6) is 5.75 Å². The first-order valence-corrected chi connectivity index (χ1v) is 9.14. The third-order valence-corrected chi connectivity index (χ3v) is 5.66. The molecule has 2 nitrogen and oxygen atoms in total. The summed E-state index contributed by atoms with van der Waals surface area (Å²) >= 11 is 11.6. The number of fused-ring (bicyclic) bond motifs is 1. The Morgan fingerprint density at radius 1 is 1.43 bits per heavy atom. The van der Waals surface area contributed by atoms with Crippen LogP contribution in [0.25, 0.3) is 0 Å². The first-order valence-electron chi connectivity index (χ1n) is 7.08.